The highest BCUT2D eigenvalue weighted by Crippen LogP contribution is 2.20. The highest BCUT2D eigenvalue weighted by atomic mass is 79.9. The molecule has 2 rings (SSSR count). The third-order valence-electron chi connectivity index (χ3n) is 3.46. The van der Waals surface area contributed by atoms with Crippen LogP contribution in [0.2, 0.25) is 5.02 Å². The molecule has 0 amide bonds. The number of aryl methyl sites for hydroxylation is 1. The standard InChI is InChI=1S/C17H19BrClNO/c1-12-8-16(19)7-6-14(12)10-20(2)11-17(21)13-4-3-5-15(18)9-13/h3-9,17,21H,10-11H2,1-2H3. The van der Waals surface area contributed by atoms with Crippen LogP contribution in [0.1, 0.15) is 22.8 Å². The first-order chi connectivity index (χ1) is 9.95. The summed E-state index contributed by atoms with van der Waals surface area (Å²) in [5.74, 6) is 0. The van der Waals surface area contributed by atoms with E-state index in [9.17, 15) is 5.11 Å². The number of aliphatic hydroxyl groups is 1. The van der Waals surface area contributed by atoms with E-state index in [1.807, 2.05) is 49.5 Å². The van der Waals surface area contributed by atoms with Crippen molar-refractivity contribution in [1.29, 1.82) is 0 Å². The molecule has 0 saturated heterocycles. The largest absolute Gasteiger partial charge is 0.387 e. The Bertz CT molecular complexity index is 617. The summed E-state index contributed by atoms with van der Waals surface area (Å²) in [6.45, 7) is 3.42. The van der Waals surface area contributed by atoms with Crippen LogP contribution in [-0.2, 0) is 6.54 Å². The maximum atomic E-state index is 10.3. The number of nitrogens with zero attached hydrogens (tertiary/aromatic N) is 1. The summed E-state index contributed by atoms with van der Waals surface area (Å²) in [6.07, 6.45) is -0.500. The van der Waals surface area contributed by atoms with Crippen LogP contribution < -0.4 is 0 Å². The minimum Gasteiger partial charge on any atom is -0.387 e. The van der Waals surface area contributed by atoms with Crippen LogP contribution in [-0.4, -0.2) is 23.6 Å². The molecule has 0 heterocycles. The van der Waals surface area contributed by atoms with Gasteiger partial charge in [0.15, 0.2) is 0 Å². The molecule has 0 aliphatic carbocycles. The molecule has 0 radical (unpaired) electrons. The molecule has 4 heteroatoms. The normalized spacial score (nSPS) is 12.7. The Kier molecular flexibility index (Phi) is 5.82. The Balaban J connectivity index is 1.99. The fourth-order valence-corrected chi connectivity index (χ4v) is 2.95. The van der Waals surface area contributed by atoms with Crippen molar-refractivity contribution >= 4 is 27.5 Å². The molecule has 1 unspecified atom stereocenters. The lowest BCUT2D eigenvalue weighted by molar-refractivity contribution is 0.123. The number of rotatable bonds is 5. The van der Waals surface area contributed by atoms with E-state index in [0.29, 0.717) is 6.54 Å². The van der Waals surface area contributed by atoms with Gasteiger partial charge in [0.2, 0.25) is 0 Å². The van der Waals surface area contributed by atoms with Crippen molar-refractivity contribution in [3.63, 3.8) is 0 Å². The van der Waals surface area contributed by atoms with Crippen LogP contribution in [0.4, 0.5) is 0 Å². The molecule has 2 aromatic rings. The summed E-state index contributed by atoms with van der Waals surface area (Å²) in [6, 6.07) is 13.7. The fourth-order valence-electron chi connectivity index (χ4n) is 2.31. The second-order valence-corrected chi connectivity index (χ2v) is 6.69. The number of aliphatic hydroxyl groups excluding tert-OH is 1. The van der Waals surface area contributed by atoms with Crippen molar-refractivity contribution in [3.8, 4) is 0 Å². The monoisotopic (exact) mass is 367 g/mol. The summed E-state index contributed by atoms with van der Waals surface area (Å²) < 4.78 is 0.982. The topological polar surface area (TPSA) is 23.5 Å². The smallest absolute Gasteiger partial charge is 0.0917 e. The molecular weight excluding hydrogens is 350 g/mol. The van der Waals surface area contributed by atoms with E-state index in [2.05, 4.69) is 27.8 Å². The Morgan fingerprint density at radius 2 is 2.00 bits per heavy atom. The van der Waals surface area contributed by atoms with Crippen LogP contribution in [0.15, 0.2) is 46.9 Å². The average molecular weight is 369 g/mol. The lowest BCUT2D eigenvalue weighted by atomic mass is 10.1. The molecule has 2 nitrogen and oxygen atoms in total. The Morgan fingerprint density at radius 1 is 1.24 bits per heavy atom. The first-order valence-electron chi connectivity index (χ1n) is 6.83. The number of halogens is 2. The molecule has 21 heavy (non-hydrogen) atoms. The Morgan fingerprint density at radius 3 is 2.67 bits per heavy atom. The molecule has 0 spiro atoms. The van der Waals surface area contributed by atoms with Crippen molar-refractivity contribution < 1.29 is 5.11 Å². The van der Waals surface area contributed by atoms with Gasteiger partial charge in [-0.1, -0.05) is 45.7 Å². The van der Waals surface area contributed by atoms with Crippen molar-refractivity contribution in [1.82, 2.24) is 4.90 Å². The zero-order chi connectivity index (χ0) is 15.4. The number of hydrogen-bond acceptors (Lipinski definition) is 2. The van der Waals surface area contributed by atoms with Gasteiger partial charge in [-0.15, -0.1) is 0 Å². The SMILES string of the molecule is Cc1cc(Cl)ccc1CN(C)CC(O)c1cccc(Br)c1. The van der Waals surface area contributed by atoms with Gasteiger partial charge in [0.25, 0.3) is 0 Å². The lowest BCUT2D eigenvalue weighted by Gasteiger charge is -2.22. The van der Waals surface area contributed by atoms with Gasteiger partial charge in [0, 0.05) is 22.6 Å². The van der Waals surface area contributed by atoms with E-state index in [1.54, 1.807) is 0 Å². The van der Waals surface area contributed by atoms with E-state index < -0.39 is 6.10 Å². The summed E-state index contributed by atoms with van der Waals surface area (Å²) in [4.78, 5) is 2.11. The van der Waals surface area contributed by atoms with Gasteiger partial charge >= 0.3 is 0 Å². The molecule has 0 saturated carbocycles. The molecule has 0 fully saturated rings. The molecule has 0 aromatic heterocycles. The maximum absolute atomic E-state index is 10.3. The number of benzene rings is 2. The van der Waals surface area contributed by atoms with Crippen LogP contribution in [0.25, 0.3) is 0 Å². The van der Waals surface area contributed by atoms with E-state index in [1.165, 1.54) is 11.1 Å². The molecular formula is C17H19BrClNO. The van der Waals surface area contributed by atoms with Gasteiger partial charge in [-0.25, -0.2) is 0 Å². The molecule has 2 aromatic carbocycles. The third kappa shape index (κ3) is 4.82. The zero-order valence-corrected chi connectivity index (χ0v) is 14.5. The summed E-state index contributed by atoms with van der Waals surface area (Å²) in [5.41, 5.74) is 3.32. The van der Waals surface area contributed by atoms with Crippen molar-refractivity contribution in [2.45, 2.75) is 19.6 Å². The molecule has 1 N–H and O–H groups in total. The van der Waals surface area contributed by atoms with E-state index >= 15 is 0 Å². The quantitative estimate of drug-likeness (QED) is 0.835. The van der Waals surface area contributed by atoms with Gasteiger partial charge in [0.05, 0.1) is 6.10 Å². The van der Waals surface area contributed by atoms with Crippen molar-refractivity contribution in [3.05, 3.63) is 68.7 Å². The second kappa shape index (κ2) is 7.41. The van der Waals surface area contributed by atoms with E-state index in [-0.39, 0.29) is 0 Å². The van der Waals surface area contributed by atoms with Gasteiger partial charge in [-0.2, -0.15) is 0 Å². The van der Waals surface area contributed by atoms with Gasteiger partial charge in [0.1, 0.15) is 0 Å². The molecule has 0 aliphatic rings. The van der Waals surface area contributed by atoms with Crippen LogP contribution in [0, 0.1) is 6.92 Å². The Hall–Kier alpha value is -0.870. The Labute approximate surface area is 139 Å². The third-order valence-corrected chi connectivity index (χ3v) is 4.19. The second-order valence-electron chi connectivity index (χ2n) is 5.34. The highest BCUT2D eigenvalue weighted by Gasteiger charge is 2.12. The lowest BCUT2D eigenvalue weighted by Crippen LogP contribution is -2.24. The first kappa shape index (κ1) is 16.5. The summed E-state index contributed by atoms with van der Waals surface area (Å²) in [5, 5.41) is 11.1. The summed E-state index contributed by atoms with van der Waals surface area (Å²) in [7, 11) is 2.01. The summed E-state index contributed by atoms with van der Waals surface area (Å²) >= 11 is 9.40. The molecule has 112 valence electrons. The zero-order valence-electron chi connectivity index (χ0n) is 12.2. The average Bonchev–Trinajstić information content (AvgIpc) is 2.42. The van der Waals surface area contributed by atoms with Crippen LogP contribution in [0.5, 0.6) is 0 Å². The highest BCUT2D eigenvalue weighted by molar-refractivity contribution is 9.10. The van der Waals surface area contributed by atoms with Crippen molar-refractivity contribution in [2.75, 3.05) is 13.6 Å². The fraction of sp³-hybridized carbons (Fsp3) is 0.294. The number of likely N-dealkylation sites (N-methyl/N-ethyl adjacent to an activating group) is 1. The predicted octanol–water partition coefficient (Wildman–Crippen LogP) is 4.58. The van der Waals surface area contributed by atoms with Crippen molar-refractivity contribution in [2.24, 2.45) is 0 Å². The van der Waals surface area contributed by atoms with Gasteiger partial charge in [-0.3, -0.25) is 4.90 Å². The minimum atomic E-state index is -0.500. The van der Waals surface area contributed by atoms with Gasteiger partial charge in [-0.05, 0) is 54.9 Å². The maximum Gasteiger partial charge on any atom is 0.0917 e. The number of hydrogen-bond donors (Lipinski definition) is 1. The van der Waals surface area contributed by atoms with E-state index in [4.69, 9.17) is 11.6 Å². The van der Waals surface area contributed by atoms with Crippen LogP contribution >= 0.6 is 27.5 Å². The van der Waals surface area contributed by atoms with Gasteiger partial charge < -0.3 is 5.11 Å². The molecule has 0 bridgehead atoms. The first-order valence-corrected chi connectivity index (χ1v) is 8.00. The molecule has 1 atom stereocenters. The van der Waals surface area contributed by atoms with E-state index in [0.717, 1.165) is 21.6 Å². The molecule has 0 aliphatic heterocycles. The minimum absolute atomic E-state index is 0.500. The van der Waals surface area contributed by atoms with Crippen LogP contribution in [0.3, 0.4) is 0 Å². The predicted molar refractivity (Wildman–Crippen MR) is 91.6 cm³/mol.